The molecule has 0 spiro atoms. The maximum atomic E-state index is 12.3. The Labute approximate surface area is 175 Å². The molecule has 4 rings (SSSR count). The van der Waals surface area contributed by atoms with E-state index in [9.17, 15) is 4.79 Å². The first-order valence-corrected chi connectivity index (χ1v) is 10.1. The first-order chi connectivity index (χ1) is 14.2. The molecular weight excluding hydrogens is 388 g/mol. The van der Waals surface area contributed by atoms with Gasteiger partial charge in [0.2, 0.25) is 11.2 Å². The fourth-order valence-corrected chi connectivity index (χ4v) is 3.60. The normalized spacial score (nSPS) is 14.7. The van der Waals surface area contributed by atoms with Gasteiger partial charge in [-0.05, 0) is 23.8 Å². The first kappa shape index (κ1) is 19.6. The lowest BCUT2D eigenvalue weighted by Gasteiger charge is -2.35. The summed E-state index contributed by atoms with van der Waals surface area (Å²) in [4.78, 5) is 16.9. The Balaban J connectivity index is 1.31. The van der Waals surface area contributed by atoms with E-state index in [1.807, 2.05) is 48.5 Å². The van der Waals surface area contributed by atoms with Crippen molar-refractivity contribution in [3.05, 3.63) is 93.5 Å². The third kappa shape index (κ3) is 5.19. The molecule has 0 unspecified atom stereocenters. The second kappa shape index (κ2) is 9.16. The van der Waals surface area contributed by atoms with Gasteiger partial charge in [-0.15, -0.1) is 0 Å². The quantitative estimate of drug-likeness (QED) is 0.609. The van der Waals surface area contributed by atoms with Gasteiger partial charge in [-0.1, -0.05) is 48.0 Å². The van der Waals surface area contributed by atoms with Crippen LogP contribution in [0.4, 0.5) is 5.69 Å². The van der Waals surface area contributed by atoms with Crippen molar-refractivity contribution in [3.63, 3.8) is 0 Å². The fraction of sp³-hybridized carbons (Fsp3) is 0.261. The predicted molar refractivity (Wildman–Crippen MR) is 115 cm³/mol. The molecule has 0 amide bonds. The van der Waals surface area contributed by atoms with E-state index >= 15 is 0 Å². The molecule has 0 saturated carbocycles. The Morgan fingerprint density at radius 2 is 1.76 bits per heavy atom. The molecule has 150 valence electrons. The Morgan fingerprint density at radius 3 is 2.48 bits per heavy atom. The van der Waals surface area contributed by atoms with Gasteiger partial charge in [0.25, 0.3) is 0 Å². The summed E-state index contributed by atoms with van der Waals surface area (Å²) in [7, 11) is 0. The van der Waals surface area contributed by atoms with Crippen molar-refractivity contribution in [2.45, 2.75) is 13.2 Å². The molecule has 0 atom stereocenters. The van der Waals surface area contributed by atoms with Crippen LogP contribution in [-0.4, -0.2) is 31.1 Å². The zero-order chi connectivity index (χ0) is 20.1. The van der Waals surface area contributed by atoms with E-state index in [1.54, 1.807) is 0 Å². The molecule has 0 N–H and O–H groups in total. The summed E-state index contributed by atoms with van der Waals surface area (Å²) in [5.74, 6) is 0.890. The van der Waals surface area contributed by atoms with Crippen LogP contribution < -0.4 is 15.1 Å². The number of anilines is 1. The van der Waals surface area contributed by atoms with E-state index < -0.39 is 0 Å². The van der Waals surface area contributed by atoms with Gasteiger partial charge in [-0.3, -0.25) is 9.69 Å². The third-order valence-corrected chi connectivity index (χ3v) is 5.25. The van der Waals surface area contributed by atoms with E-state index in [-0.39, 0.29) is 11.2 Å². The molecule has 1 aromatic heterocycles. The molecule has 2 aromatic carbocycles. The van der Waals surface area contributed by atoms with E-state index in [4.69, 9.17) is 20.8 Å². The van der Waals surface area contributed by atoms with Crippen LogP contribution in [0.3, 0.4) is 0 Å². The highest BCUT2D eigenvalue weighted by Crippen LogP contribution is 2.21. The number of piperazine rings is 1. The van der Waals surface area contributed by atoms with Crippen molar-refractivity contribution in [2.75, 3.05) is 31.1 Å². The lowest BCUT2D eigenvalue weighted by atomic mass is 10.2. The average molecular weight is 411 g/mol. The van der Waals surface area contributed by atoms with Gasteiger partial charge in [-0.25, -0.2) is 0 Å². The second-order valence-electron chi connectivity index (χ2n) is 7.09. The molecule has 0 radical (unpaired) electrons. The molecule has 0 aliphatic carbocycles. The SMILES string of the molecule is O=c1cc(CN2CCN(c3cccc(Cl)c3)CC2)occ1OCc1ccccc1. The zero-order valence-corrected chi connectivity index (χ0v) is 16.8. The molecular formula is C23H23ClN2O3. The molecule has 5 nitrogen and oxygen atoms in total. The number of hydrogen-bond acceptors (Lipinski definition) is 5. The molecule has 0 bridgehead atoms. The minimum absolute atomic E-state index is 0.153. The van der Waals surface area contributed by atoms with Crippen LogP contribution in [0.1, 0.15) is 11.3 Å². The van der Waals surface area contributed by atoms with Crippen molar-refractivity contribution in [2.24, 2.45) is 0 Å². The number of nitrogens with zero attached hydrogens (tertiary/aromatic N) is 2. The van der Waals surface area contributed by atoms with Crippen LogP contribution in [0, 0.1) is 0 Å². The first-order valence-electron chi connectivity index (χ1n) is 9.69. The summed E-state index contributed by atoms with van der Waals surface area (Å²) in [6, 6.07) is 19.2. The van der Waals surface area contributed by atoms with E-state index in [1.165, 1.54) is 12.3 Å². The van der Waals surface area contributed by atoms with Gasteiger partial charge in [0.15, 0.2) is 0 Å². The van der Waals surface area contributed by atoms with Gasteiger partial charge in [0, 0.05) is 43.0 Å². The van der Waals surface area contributed by atoms with E-state index in [0.29, 0.717) is 18.9 Å². The molecule has 3 aromatic rings. The Morgan fingerprint density at radius 1 is 0.966 bits per heavy atom. The summed E-state index contributed by atoms with van der Waals surface area (Å²) in [5, 5.41) is 0.751. The minimum atomic E-state index is -0.153. The molecule has 1 aliphatic rings. The minimum Gasteiger partial charge on any atom is -0.482 e. The predicted octanol–water partition coefficient (Wildman–Crippen LogP) is 4.19. The largest absolute Gasteiger partial charge is 0.482 e. The molecule has 6 heteroatoms. The van der Waals surface area contributed by atoms with Gasteiger partial charge < -0.3 is 14.1 Å². The fourth-order valence-electron chi connectivity index (χ4n) is 3.42. The van der Waals surface area contributed by atoms with Gasteiger partial charge >= 0.3 is 0 Å². The molecule has 29 heavy (non-hydrogen) atoms. The number of hydrogen-bond donors (Lipinski definition) is 0. The summed E-state index contributed by atoms with van der Waals surface area (Å²) in [6.07, 6.45) is 1.42. The zero-order valence-electron chi connectivity index (χ0n) is 16.1. The van der Waals surface area contributed by atoms with Crippen LogP contribution in [0.2, 0.25) is 5.02 Å². The van der Waals surface area contributed by atoms with Crippen molar-refractivity contribution in [3.8, 4) is 5.75 Å². The van der Waals surface area contributed by atoms with Crippen molar-refractivity contribution < 1.29 is 9.15 Å². The van der Waals surface area contributed by atoms with Crippen LogP contribution in [-0.2, 0) is 13.2 Å². The van der Waals surface area contributed by atoms with Crippen LogP contribution in [0.25, 0.3) is 0 Å². The highest BCUT2D eigenvalue weighted by atomic mass is 35.5. The molecule has 1 aliphatic heterocycles. The molecule has 1 saturated heterocycles. The highest BCUT2D eigenvalue weighted by Gasteiger charge is 2.18. The van der Waals surface area contributed by atoms with Crippen LogP contribution in [0.15, 0.2) is 76.1 Å². The van der Waals surface area contributed by atoms with Gasteiger partial charge in [0.1, 0.15) is 18.6 Å². The Bertz CT molecular complexity index is 998. The summed E-state index contributed by atoms with van der Waals surface area (Å²) in [6.45, 7) is 4.55. The molecule has 2 heterocycles. The Hall–Kier alpha value is -2.76. The lowest BCUT2D eigenvalue weighted by Crippen LogP contribution is -2.46. The van der Waals surface area contributed by atoms with Crippen molar-refractivity contribution in [1.82, 2.24) is 4.90 Å². The Kier molecular flexibility index (Phi) is 6.17. The van der Waals surface area contributed by atoms with Crippen LogP contribution >= 0.6 is 11.6 Å². The number of rotatable bonds is 6. The standard InChI is InChI=1S/C23H23ClN2O3/c24-19-7-4-8-20(13-19)26-11-9-25(10-12-26)15-21-14-22(27)23(17-28-21)29-16-18-5-2-1-3-6-18/h1-8,13-14,17H,9-12,15-16H2. The van der Waals surface area contributed by atoms with Crippen molar-refractivity contribution in [1.29, 1.82) is 0 Å². The summed E-state index contributed by atoms with van der Waals surface area (Å²) in [5.41, 5.74) is 2.00. The van der Waals surface area contributed by atoms with Crippen LogP contribution in [0.5, 0.6) is 5.75 Å². The van der Waals surface area contributed by atoms with E-state index in [2.05, 4.69) is 15.9 Å². The number of benzene rings is 2. The average Bonchev–Trinajstić information content (AvgIpc) is 2.74. The highest BCUT2D eigenvalue weighted by molar-refractivity contribution is 6.30. The summed E-state index contributed by atoms with van der Waals surface area (Å²) >= 11 is 6.10. The molecule has 1 fully saturated rings. The topological polar surface area (TPSA) is 45.9 Å². The maximum absolute atomic E-state index is 12.3. The van der Waals surface area contributed by atoms with Gasteiger partial charge in [0.05, 0.1) is 6.54 Å². The number of halogens is 1. The number of ether oxygens (including phenoxy) is 1. The lowest BCUT2D eigenvalue weighted by molar-refractivity contribution is 0.224. The van der Waals surface area contributed by atoms with Crippen molar-refractivity contribution >= 4 is 17.3 Å². The maximum Gasteiger partial charge on any atom is 0.227 e. The monoisotopic (exact) mass is 410 g/mol. The van der Waals surface area contributed by atoms with Gasteiger partial charge in [-0.2, -0.15) is 0 Å². The second-order valence-corrected chi connectivity index (χ2v) is 7.53. The summed E-state index contributed by atoms with van der Waals surface area (Å²) < 4.78 is 11.3. The third-order valence-electron chi connectivity index (χ3n) is 5.01. The smallest absolute Gasteiger partial charge is 0.227 e. The van der Waals surface area contributed by atoms with E-state index in [0.717, 1.165) is 42.5 Å².